The molecule has 3 amide bonds. The summed E-state index contributed by atoms with van der Waals surface area (Å²) in [6, 6.07) is 25.4. The van der Waals surface area contributed by atoms with Gasteiger partial charge in [-0.3, -0.25) is 19.3 Å². The first kappa shape index (κ1) is 21.3. The lowest BCUT2D eigenvalue weighted by atomic mass is 10.1. The molecule has 0 unspecified atom stereocenters. The zero-order valence-electron chi connectivity index (χ0n) is 18.6. The van der Waals surface area contributed by atoms with E-state index in [0.717, 1.165) is 11.3 Å². The Morgan fingerprint density at radius 1 is 0.794 bits per heavy atom. The zero-order valence-corrected chi connectivity index (χ0v) is 18.6. The number of benzene rings is 3. The molecule has 34 heavy (non-hydrogen) atoms. The monoisotopic (exact) mass is 450 g/mol. The van der Waals surface area contributed by atoms with Crippen molar-refractivity contribution >= 4 is 23.5 Å². The molecule has 4 aromatic rings. The van der Waals surface area contributed by atoms with Gasteiger partial charge in [0.1, 0.15) is 5.82 Å². The average Bonchev–Trinajstić information content (AvgIpc) is 3.31. The van der Waals surface area contributed by atoms with Gasteiger partial charge in [-0.25, -0.2) is 4.68 Å². The molecule has 1 aliphatic rings. The van der Waals surface area contributed by atoms with E-state index < -0.39 is 0 Å². The Labute approximate surface area is 196 Å². The summed E-state index contributed by atoms with van der Waals surface area (Å²) >= 11 is 0. The van der Waals surface area contributed by atoms with Crippen LogP contribution in [0.4, 0.5) is 5.82 Å². The molecule has 168 valence electrons. The van der Waals surface area contributed by atoms with Crippen molar-refractivity contribution in [2.24, 2.45) is 0 Å². The van der Waals surface area contributed by atoms with E-state index in [9.17, 15) is 14.4 Å². The van der Waals surface area contributed by atoms with E-state index in [1.54, 1.807) is 53.2 Å². The Balaban J connectivity index is 1.32. The van der Waals surface area contributed by atoms with Crippen LogP contribution in [-0.2, 0) is 13.1 Å². The van der Waals surface area contributed by atoms with E-state index >= 15 is 0 Å². The lowest BCUT2D eigenvalue weighted by Gasteiger charge is -2.15. The van der Waals surface area contributed by atoms with Gasteiger partial charge in [-0.05, 0) is 42.3 Å². The quantitative estimate of drug-likeness (QED) is 0.444. The van der Waals surface area contributed by atoms with Crippen molar-refractivity contribution in [2.45, 2.75) is 20.0 Å². The maximum Gasteiger partial charge on any atom is 0.261 e. The highest BCUT2D eigenvalue weighted by Gasteiger charge is 2.35. The minimum absolute atomic E-state index is 0.0957. The fourth-order valence-corrected chi connectivity index (χ4v) is 4.09. The number of amides is 3. The molecule has 0 aliphatic carbocycles. The number of imide groups is 1. The zero-order chi connectivity index (χ0) is 23.7. The van der Waals surface area contributed by atoms with Gasteiger partial charge in [-0.2, -0.15) is 5.10 Å². The van der Waals surface area contributed by atoms with E-state index in [2.05, 4.69) is 10.4 Å². The second-order valence-corrected chi connectivity index (χ2v) is 8.21. The fraction of sp³-hybridized carbons (Fsp3) is 0.111. The summed E-state index contributed by atoms with van der Waals surface area (Å²) < 4.78 is 1.76. The van der Waals surface area contributed by atoms with Crippen molar-refractivity contribution in [3.05, 3.63) is 118 Å². The van der Waals surface area contributed by atoms with Crippen LogP contribution < -0.4 is 5.32 Å². The predicted molar refractivity (Wildman–Crippen MR) is 128 cm³/mol. The van der Waals surface area contributed by atoms with Gasteiger partial charge in [-0.1, -0.05) is 54.6 Å². The highest BCUT2D eigenvalue weighted by molar-refractivity contribution is 6.21. The Bertz CT molecular complexity index is 1370. The van der Waals surface area contributed by atoms with Gasteiger partial charge >= 0.3 is 0 Å². The summed E-state index contributed by atoms with van der Waals surface area (Å²) in [6.45, 7) is 2.50. The molecule has 5 rings (SSSR count). The molecule has 2 heterocycles. The molecule has 7 nitrogen and oxygen atoms in total. The number of hydrogen-bond acceptors (Lipinski definition) is 4. The molecule has 1 aromatic heterocycles. The van der Waals surface area contributed by atoms with Crippen LogP contribution in [0.3, 0.4) is 0 Å². The Morgan fingerprint density at radius 3 is 2.15 bits per heavy atom. The summed E-state index contributed by atoms with van der Waals surface area (Å²) in [5, 5.41) is 7.43. The van der Waals surface area contributed by atoms with Gasteiger partial charge in [0.05, 0.1) is 29.9 Å². The number of carbonyl (C=O) groups excluding carboxylic acids is 3. The van der Waals surface area contributed by atoms with E-state index in [1.165, 1.54) is 4.90 Å². The first-order valence-corrected chi connectivity index (χ1v) is 10.9. The maximum absolute atomic E-state index is 13.0. The largest absolute Gasteiger partial charge is 0.307 e. The molecule has 0 spiro atoms. The van der Waals surface area contributed by atoms with Crippen molar-refractivity contribution in [3.8, 4) is 0 Å². The number of aromatic nitrogens is 2. The van der Waals surface area contributed by atoms with Crippen LogP contribution in [0.25, 0.3) is 0 Å². The molecule has 0 saturated heterocycles. The van der Waals surface area contributed by atoms with Crippen LogP contribution >= 0.6 is 0 Å². The number of fused-ring (bicyclic) bond motifs is 1. The molecule has 1 N–H and O–H groups in total. The maximum atomic E-state index is 13.0. The number of rotatable bonds is 6. The van der Waals surface area contributed by atoms with Crippen LogP contribution in [0.5, 0.6) is 0 Å². The average molecular weight is 450 g/mol. The first-order chi connectivity index (χ1) is 16.5. The number of aryl methyl sites for hydroxylation is 1. The van der Waals surface area contributed by atoms with Crippen molar-refractivity contribution in [2.75, 3.05) is 5.32 Å². The molecule has 1 aliphatic heterocycles. The number of anilines is 1. The Hall–Kier alpha value is -4.52. The number of hydrogen-bond donors (Lipinski definition) is 1. The number of nitrogens with zero attached hydrogens (tertiary/aromatic N) is 3. The van der Waals surface area contributed by atoms with Gasteiger partial charge < -0.3 is 5.32 Å². The molecule has 7 heteroatoms. The van der Waals surface area contributed by atoms with Gasteiger partial charge in [0, 0.05) is 11.6 Å². The third kappa shape index (κ3) is 4.11. The standard InChI is InChI=1S/C27H22N4O3/c1-18-14-24(31(29-18)17-19-8-3-2-4-9-19)28-25(32)21-11-7-10-20(15-21)16-30-26(33)22-12-5-6-13-23(22)27(30)34/h2-15H,16-17H2,1H3,(H,28,32). The predicted octanol–water partition coefficient (Wildman–Crippen LogP) is 4.29. The van der Waals surface area contributed by atoms with Gasteiger partial charge in [-0.15, -0.1) is 0 Å². The van der Waals surface area contributed by atoms with Gasteiger partial charge in [0.25, 0.3) is 17.7 Å². The third-order valence-corrected chi connectivity index (χ3v) is 5.73. The lowest BCUT2D eigenvalue weighted by molar-refractivity contribution is 0.0642. The topological polar surface area (TPSA) is 84.3 Å². The fourth-order valence-electron chi connectivity index (χ4n) is 4.09. The van der Waals surface area contributed by atoms with Gasteiger partial charge in [0.15, 0.2) is 0 Å². The van der Waals surface area contributed by atoms with E-state index in [0.29, 0.717) is 34.6 Å². The first-order valence-electron chi connectivity index (χ1n) is 10.9. The van der Waals surface area contributed by atoms with Crippen LogP contribution in [0.2, 0.25) is 0 Å². The minimum atomic E-state index is -0.323. The second kappa shape index (κ2) is 8.78. The molecular formula is C27H22N4O3. The molecule has 0 fully saturated rings. The molecular weight excluding hydrogens is 428 g/mol. The Kier molecular flexibility index (Phi) is 5.51. The van der Waals surface area contributed by atoms with Crippen LogP contribution in [0.1, 0.15) is 47.9 Å². The summed E-state index contributed by atoms with van der Waals surface area (Å²) in [5.74, 6) is -0.345. The highest BCUT2D eigenvalue weighted by Crippen LogP contribution is 2.24. The summed E-state index contributed by atoms with van der Waals surface area (Å²) in [5.41, 5.74) is 3.80. The smallest absolute Gasteiger partial charge is 0.261 e. The summed E-state index contributed by atoms with van der Waals surface area (Å²) in [6.07, 6.45) is 0. The molecule has 0 bridgehead atoms. The molecule has 0 atom stereocenters. The normalized spacial score (nSPS) is 12.7. The SMILES string of the molecule is Cc1cc(NC(=O)c2cccc(CN3C(=O)c4ccccc4C3=O)c2)n(Cc2ccccc2)n1. The third-order valence-electron chi connectivity index (χ3n) is 5.73. The summed E-state index contributed by atoms with van der Waals surface area (Å²) in [7, 11) is 0. The lowest BCUT2D eigenvalue weighted by Crippen LogP contribution is -2.29. The minimum Gasteiger partial charge on any atom is -0.307 e. The Morgan fingerprint density at radius 2 is 1.44 bits per heavy atom. The number of nitrogens with one attached hydrogen (secondary N) is 1. The van der Waals surface area contributed by atoms with E-state index in [1.807, 2.05) is 43.3 Å². The van der Waals surface area contributed by atoms with Crippen LogP contribution in [-0.4, -0.2) is 32.4 Å². The summed E-state index contributed by atoms with van der Waals surface area (Å²) in [4.78, 5) is 39.6. The highest BCUT2D eigenvalue weighted by atomic mass is 16.2. The van der Waals surface area contributed by atoms with Crippen molar-refractivity contribution < 1.29 is 14.4 Å². The van der Waals surface area contributed by atoms with E-state index in [-0.39, 0.29) is 24.3 Å². The molecule has 3 aromatic carbocycles. The van der Waals surface area contributed by atoms with Crippen molar-refractivity contribution in [1.82, 2.24) is 14.7 Å². The number of carbonyl (C=O) groups is 3. The van der Waals surface area contributed by atoms with Crippen molar-refractivity contribution in [3.63, 3.8) is 0 Å². The molecule has 0 saturated carbocycles. The van der Waals surface area contributed by atoms with Crippen LogP contribution in [0.15, 0.2) is 84.9 Å². The van der Waals surface area contributed by atoms with Crippen molar-refractivity contribution in [1.29, 1.82) is 0 Å². The van der Waals surface area contributed by atoms with E-state index in [4.69, 9.17) is 0 Å². The van der Waals surface area contributed by atoms with Gasteiger partial charge in [0.2, 0.25) is 0 Å². The molecule has 0 radical (unpaired) electrons. The second-order valence-electron chi connectivity index (χ2n) is 8.21. The van der Waals surface area contributed by atoms with Crippen LogP contribution in [0, 0.1) is 6.92 Å².